The Balaban J connectivity index is 0.00000121. The van der Waals surface area contributed by atoms with Gasteiger partial charge in [0.05, 0.1) is 6.07 Å². The van der Waals surface area contributed by atoms with Gasteiger partial charge in [-0.1, -0.05) is 39.3 Å². The molecule has 0 aromatic heterocycles. The molecule has 0 saturated heterocycles. The first-order valence-electron chi connectivity index (χ1n) is 6.51. The maximum atomic E-state index is 8.83. The molecule has 0 N–H and O–H groups in total. The van der Waals surface area contributed by atoms with Crippen LogP contribution in [0.15, 0.2) is 23.4 Å². The molecular weight excluding hydrogens is 208 g/mol. The maximum absolute atomic E-state index is 8.83. The second-order valence-corrected chi connectivity index (χ2v) is 4.65. The minimum Gasteiger partial charge on any atom is -0.381 e. The lowest BCUT2D eigenvalue weighted by atomic mass is 9.84. The highest BCUT2D eigenvalue weighted by Gasteiger charge is 2.21. The quantitative estimate of drug-likeness (QED) is 0.738. The fourth-order valence-electron chi connectivity index (χ4n) is 2.01. The summed E-state index contributed by atoms with van der Waals surface area (Å²) in [6.45, 7) is 8.42. The normalized spacial score (nSPS) is 18.6. The number of allylic oxidation sites excluding steroid dienone is 4. The summed E-state index contributed by atoms with van der Waals surface area (Å²) in [5.41, 5.74) is 2.74. The van der Waals surface area contributed by atoms with Gasteiger partial charge in [-0.3, -0.25) is 0 Å². The third-order valence-corrected chi connectivity index (χ3v) is 2.96. The molecule has 0 bridgehead atoms. The summed E-state index contributed by atoms with van der Waals surface area (Å²) in [5, 5.41) is 8.83. The standard InChI is InChI=1S/C13H20N2.C2H6/c1-10(2)11-5-6-13(15(3)4)12(9-11)7-8-14;1-2/h5-6,10,12H,7,9H2,1-4H3;1-2H3. The highest BCUT2D eigenvalue weighted by atomic mass is 15.1. The second kappa shape index (κ2) is 7.95. The van der Waals surface area contributed by atoms with Crippen LogP contribution in [-0.2, 0) is 0 Å². The van der Waals surface area contributed by atoms with Crippen LogP contribution in [-0.4, -0.2) is 19.0 Å². The van der Waals surface area contributed by atoms with Crippen LogP contribution in [0.1, 0.15) is 40.5 Å². The van der Waals surface area contributed by atoms with E-state index in [1.165, 1.54) is 11.3 Å². The van der Waals surface area contributed by atoms with E-state index in [9.17, 15) is 0 Å². The lowest BCUT2D eigenvalue weighted by Crippen LogP contribution is -2.22. The Morgan fingerprint density at radius 2 is 1.94 bits per heavy atom. The summed E-state index contributed by atoms with van der Waals surface area (Å²) in [4.78, 5) is 2.12. The van der Waals surface area contributed by atoms with E-state index in [1.54, 1.807) is 0 Å². The van der Waals surface area contributed by atoms with Crippen molar-refractivity contribution in [2.45, 2.75) is 40.5 Å². The molecule has 0 aromatic rings. The van der Waals surface area contributed by atoms with E-state index in [2.05, 4.69) is 37.0 Å². The molecule has 1 rings (SSSR count). The predicted octanol–water partition coefficient (Wildman–Crippen LogP) is 3.97. The Bertz CT molecular complexity index is 316. The van der Waals surface area contributed by atoms with Gasteiger partial charge in [0.1, 0.15) is 0 Å². The highest BCUT2D eigenvalue weighted by Crippen LogP contribution is 2.32. The van der Waals surface area contributed by atoms with Gasteiger partial charge < -0.3 is 4.90 Å². The Kier molecular flexibility index (Phi) is 7.37. The van der Waals surface area contributed by atoms with Crippen molar-refractivity contribution < 1.29 is 0 Å². The molecule has 1 atom stereocenters. The molecule has 0 amide bonds. The average molecular weight is 234 g/mol. The van der Waals surface area contributed by atoms with Crippen molar-refractivity contribution >= 4 is 0 Å². The van der Waals surface area contributed by atoms with Crippen molar-refractivity contribution in [3.05, 3.63) is 23.4 Å². The highest BCUT2D eigenvalue weighted by molar-refractivity contribution is 5.27. The molecule has 2 nitrogen and oxygen atoms in total. The Morgan fingerprint density at radius 3 is 2.35 bits per heavy atom. The van der Waals surface area contributed by atoms with Crippen LogP contribution in [0.2, 0.25) is 0 Å². The summed E-state index contributed by atoms with van der Waals surface area (Å²) < 4.78 is 0. The molecule has 0 aliphatic heterocycles. The topological polar surface area (TPSA) is 27.0 Å². The monoisotopic (exact) mass is 234 g/mol. The average Bonchev–Trinajstić information content (AvgIpc) is 2.31. The Morgan fingerprint density at radius 1 is 1.35 bits per heavy atom. The third kappa shape index (κ3) is 4.65. The van der Waals surface area contributed by atoms with Crippen LogP contribution in [0.25, 0.3) is 0 Å². The van der Waals surface area contributed by atoms with E-state index in [4.69, 9.17) is 5.26 Å². The van der Waals surface area contributed by atoms with E-state index < -0.39 is 0 Å². The van der Waals surface area contributed by atoms with Crippen LogP contribution < -0.4 is 0 Å². The molecule has 2 heteroatoms. The van der Waals surface area contributed by atoms with Crippen molar-refractivity contribution in [1.29, 1.82) is 5.26 Å². The van der Waals surface area contributed by atoms with Crippen LogP contribution in [0, 0.1) is 23.2 Å². The van der Waals surface area contributed by atoms with E-state index in [1.807, 2.05) is 27.9 Å². The zero-order valence-electron chi connectivity index (χ0n) is 12.1. The molecular formula is C15H26N2. The maximum Gasteiger partial charge on any atom is 0.0628 e. The molecule has 1 aliphatic rings. The summed E-state index contributed by atoms with van der Waals surface area (Å²) in [6.07, 6.45) is 6.04. The number of nitrogens with zero attached hydrogens (tertiary/aromatic N) is 2. The van der Waals surface area contributed by atoms with Crippen molar-refractivity contribution in [2.24, 2.45) is 11.8 Å². The first-order chi connectivity index (χ1) is 8.06. The van der Waals surface area contributed by atoms with Crippen molar-refractivity contribution in [3.8, 4) is 6.07 Å². The largest absolute Gasteiger partial charge is 0.381 e. The first-order valence-corrected chi connectivity index (χ1v) is 6.51. The predicted molar refractivity (Wildman–Crippen MR) is 74.4 cm³/mol. The summed E-state index contributed by atoms with van der Waals surface area (Å²) in [6, 6.07) is 2.29. The molecule has 1 unspecified atom stereocenters. The molecule has 0 heterocycles. The molecule has 0 aromatic carbocycles. The summed E-state index contributed by atoms with van der Waals surface area (Å²) in [5.74, 6) is 0.971. The van der Waals surface area contributed by atoms with E-state index in [-0.39, 0.29) is 0 Å². The van der Waals surface area contributed by atoms with Gasteiger partial charge in [0, 0.05) is 32.1 Å². The molecule has 0 spiro atoms. The number of hydrogen-bond donors (Lipinski definition) is 0. The molecule has 0 saturated carbocycles. The first kappa shape index (κ1) is 15.8. The molecule has 0 radical (unpaired) electrons. The number of rotatable bonds is 3. The van der Waals surface area contributed by atoms with Gasteiger partial charge in [0.25, 0.3) is 0 Å². The van der Waals surface area contributed by atoms with Gasteiger partial charge >= 0.3 is 0 Å². The zero-order chi connectivity index (χ0) is 13.4. The van der Waals surface area contributed by atoms with E-state index in [0.717, 1.165) is 6.42 Å². The lowest BCUT2D eigenvalue weighted by molar-refractivity contribution is 0.403. The molecule has 0 fully saturated rings. The SMILES string of the molecule is CC.CC(C)C1=CC=C(N(C)C)C(CC#N)C1. The lowest BCUT2D eigenvalue weighted by Gasteiger charge is -2.29. The van der Waals surface area contributed by atoms with Crippen LogP contribution in [0.3, 0.4) is 0 Å². The molecule has 1 aliphatic carbocycles. The van der Waals surface area contributed by atoms with Gasteiger partial charge in [-0.15, -0.1) is 0 Å². The van der Waals surface area contributed by atoms with E-state index >= 15 is 0 Å². The fraction of sp³-hybridized carbons (Fsp3) is 0.667. The Hall–Kier alpha value is -1.23. The number of nitriles is 1. The third-order valence-electron chi connectivity index (χ3n) is 2.96. The second-order valence-electron chi connectivity index (χ2n) is 4.65. The van der Waals surface area contributed by atoms with Crippen LogP contribution >= 0.6 is 0 Å². The van der Waals surface area contributed by atoms with Gasteiger partial charge in [-0.25, -0.2) is 0 Å². The van der Waals surface area contributed by atoms with Crippen LogP contribution in [0.4, 0.5) is 0 Å². The van der Waals surface area contributed by atoms with E-state index in [0.29, 0.717) is 18.3 Å². The molecule has 17 heavy (non-hydrogen) atoms. The minimum absolute atomic E-state index is 0.382. The Labute approximate surface area is 107 Å². The number of hydrogen-bond acceptors (Lipinski definition) is 2. The van der Waals surface area contributed by atoms with Gasteiger partial charge in [-0.05, 0) is 18.4 Å². The van der Waals surface area contributed by atoms with Crippen molar-refractivity contribution in [1.82, 2.24) is 4.90 Å². The zero-order valence-corrected chi connectivity index (χ0v) is 12.1. The fourth-order valence-corrected chi connectivity index (χ4v) is 2.01. The van der Waals surface area contributed by atoms with Crippen LogP contribution in [0.5, 0.6) is 0 Å². The van der Waals surface area contributed by atoms with Crippen molar-refractivity contribution in [3.63, 3.8) is 0 Å². The summed E-state index contributed by atoms with van der Waals surface area (Å²) in [7, 11) is 4.09. The van der Waals surface area contributed by atoms with Gasteiger partial charge in [0.15, 0.2) is 0 Å². The van der Waals surface area contributed by atoms with Gasteiger partial charge in [0.2, 0.25) is 0 Å². The summed E-state index contributed by atoms with van der Waals surface area (Å²) >= 11 is 0. The molecule has 96 valence electrons. The van der Waals surface area contributed by atoms with Gasteiger partial charge in [-0.2, -0.15) is 5.26 Å². The minimum atomic E-state index is 0.382. The van der Waals surface area contributed by atoms with Crippen molar-refractivity contribution in [2.75, 3.05) is 14.1 Å². The smallest absolute Gasteiger partial charge is 0.0628 e.